The molecule has 1 N–H and O–H groups in total. The van der Waals surface area contributed by atoms with E-state index in [-0.39, 0.29) is 11.3 Å². The molecule has 5 nitrogen and oxygen atoms in total. The van der Waals surface area contributed by atoms with E-state index in [1.54, 1.807) is 31.2 Å². The van der Waals surface area contributed by atoms with Gasteiger partial charge in [0.2, 0.25) is 0 Å². The zero-order chi connectivity index (χ0) is 15.4. The van der Waals surface area contributed by atoms with Gasteiger partial charge in [0.1, 0.15) is 11.9 Å². The largest absolute Gasteiger partial charge is 0.381 e. The number of anilines is 1. The Bertz CT molecular complexity index is 738. The second-order valence-corrected chi connectivity index (χ2v) is 4.49. The molecule has 0 aliphatic rings. The van der Waals surface area contributed by atoms with Crippen LogP contribution in [0.25, 0.3) is 0 Å². The van der Waals surface area contributed by atoms with E-state index in [0.717, 1.165) is 5.56 Å². The van der Waals surface area contributed by atoms with Crippen LogP contribution in [0.5, 0.6) is 0 Å². The summed E-state index contributed by atoms with van der Waals surface area (Å²) in [6.45, 7) is 2.00. The first-order valence-corrected chi connectivity index (χ1v) is 6.19. The Hall–Kier alpha value is -2.94. The molecule has 21 heavy (non-hydrogen) atoms. The van der Waals surface area contributed by atoms with Crippen LogP contribution in [0.15, 0.2) is 36.4 Å². The quantitative estimate of drug-likeness (QED) is 0.688. The molecule has 106 valence electrons. The van der Waals surface area contributed by atoms with E-state index in [4.69, 9.17) is 5.26 Å². The second kappa shape index (κ2) is 6.01. The van der Waals surface area contributed by atoms with E-state index >= 15 is 0 Å². The molecule has 0 saturated carbocycles. The van der Waals surface area contributed by atoms with Crippen molar-refractivity contribution in [2.45, 2.75) is 13.5 Å². The number of nitriles is 1. The van der Waals surface area contributed by atoms with Crippen LogP contribution in [0, 0.1) is 34.2 Å². The van der Waals surface area contributed by atoms with Gasteiger partial charge in [-0.05, 0) is 30.7 Å². The number of benzene rings is 2. The van der Waals surface area contributed by atoms with Gasteiger partial charge in [0.25, 0.3) is 5.69 Å². The van der Waals surface area contributed by atoms with Crippen molar-refractivity contribution in [2.75, 3.05) is 5.32 Å². The number of rotatable bonds is 4. The summed E-state index contributed by atoms with van der Waals surface area (Å²) in [7, 11) is 0. The van der Waals surface area contributed by atoms with Crippen LogP contribution in [-0.4, -0.2) is 4.92 Å². The molecule has 2 aromatic rings. The molecule has 0 bridgehead atoms. The third-order valence-electron chi connectivity index (χ3n) is 3.14. The maximum Gasteiger partial charge on any atom is 0.274 e. The highest BCUT2D eigenvalue weighted by Gasteiger charge is 2.13. The Labute approximate surface area is 120 Å². The highest BCUT2D eigenvalue weighted by Crippen LogP contribution is 2.25. The fourth-order valence-electron chi connectivity index (χ4n) is 1.98. The number of nitrogens with one attached hydrogen (secondary N) is 1. The first-order valence-electron chi connectivity index (χ1n) is 6.19. The van der Waals surface area contributed by atoms with Gasteiger partial charge in [-0.3, -0.25) is 10.1 Å². The van der Waals surface area contributed by atoms with Crippen molar-refractivity contribution in [3.8, 4) is 6.07 Å². The predicted molar refractivity (Wildman–Crippen MR) is 76.3 cm³/mol. The molecule has 0 aliphatic carbocycles. The van der Waals surface area contributed by atoms with E-state index in [1.165, 1.54) is 18.2 Å². The zero-order valence-electron chi connectivity index (χ0n) is 11.3. The number of nitro benzene ring substituents is 1. The smallest absolute Gasteiger partial charge is 0.274 e. The summed E-state index contributed by atoms with van der Waals surface area (Å²) < 4.78 is 13.2. The van der Waals surface area contributed by atoms with Crippen molar-refractivity contribution in [3.63, 3.8) is 0 Å². The highest BCUT2D eigenvalue weighted by atomic mass is 19.1. The Kier molecular flexibility index (Phi) is 4.14. The molecule has 0 spiro atoms. The molecule has 2 rings (SSSR count). The normalized spacial score (nSPS) is 9.95. The van der Waals surface area contributed by atoms with Crippen LogP contribution in [0.3, 0.4) is 0 Å². The van der Waals surface area contributed by atoms with Crippen molar-refractivity contribution < 1.29 is 9.31 Å². The van der Waals surface area contributed by atoms with Crippen molar-refractivity contribution in [2.24, 2.45) is 0 Å². The fourth-order valence-corrected chi connectivity index (χ4v) is 1.98. The van der Waals surface area contributed by atoms with E-state index in [9.17, 15) is 14.5 Å². The van der Waals surface area contributed by atoms with Gasteiger partial charge < -0.3 is 5.32 Å². The standard InChI is InChI=1S/C15H12FN3O2/c1-10-14(3-2-4-15(10)19(20)21)18-9-11-5-6-13(16)12(7-11)8-17/h2-7,18H,9H2,1H3. The van der Waals surface area contributed by atoms with Gasteiger partial charge in [-0.2, -0.15) is 5.26 Å². The molecular formula is C15H12FN3O2. The number of nitrogens with zero attached hydrogens (tertiary/aromatic N) is 2. The van der Waals surface area contributed by atoms with Crippen molar-refractivity contribution in [1.82, 2.24) is 0 Å². The minimum absolute atomic E-state index is 0.0231. The average Bonchev–Trinajstić information content (AvgIpc) is 2.47. The fraction of sp³-hybridized carbons (Fsp3) is 0.133. The van der Waals surface area contributed by atoms with E-state index in [1.807, 2.05) is 0 Å². The van der Waals surface area contributed by atoms with Crippen molar-refractivity contribution in [1.29, 1.82) is 5.26 Å². The summed E-state index contributed by atoms with van der Waals surface area (Å²) >= 11 is 0. The lowest BCUT2D eigenvalue weighted by Gasteiger charge is -2.10. The van der Waals surface area contributed by atoms with Crippen LogP contribution in [0.1, 0.15) is 16.7 Å². The van der Waals surface area contributed by atoms with Crippen LogP contribution in [0.2, 0.25) is 0 Å². The topological polar surface area (TPSA) is 79.0 Å². The van der Waals surface area contributed by atoms with Crippen molar-refractivity contribution in [3.05, 3.63) is 69.0 Å². The minimum Gasteiger partial charge on any atom is -0.381 e. The molecule has 0 radical (unpaired) electrons. The summed E-state index contributed by atoms with van der Waals surface area (Å²) in [6.07, 6.45) is 0. The molecule has 0 aromatic heterocycles. The number of halogens is 1. The van der Waals surface area contributed by atoms with Gasteiger partial charge in [-0.1, -0.05) is 12.1 Å². The van der Waals surface area contributed by atoms with E-state index in [2.05, 4.69) is 5.32 Å². The number of hydrogen-bond acceptors (Lipinski definition) is 4. The number of nitro groups is 1. The lowest BCUT2D eigenvalue weighted by Crippen LogP contribution is -2.03. The Morgan fingerprint density at radius 2 is 2.14 bits per heavy atom. The summed E-state index contributed by atoms with van der Waals surface area (Å²) in [5.41, 5.74) is 1.90. The lowest BCUT2D eigenvalue weighted by atomic mass is 10.1. The first kappa shape index (κ1) is 14.5. The summed E-state index contributed by atoms with van der Waals surface area (Å²) in [5, 5.41) is 22.7. The molecule has 0 saturated heterocycles. The molecule has 0 heterocycles. The average molecular weight is 285 g/mol. The molecular weight excluding hydrogens is 273 g/mol. The molecule has 0 unspecified atom stereocenters. The molecule has 0 amide bonds. The lowest BCUT2D eigenvalue weighted by molar-refractivity contribution is -0.385. The third kappa shape index (κ3) is 3.15. The van der Waals surface area contributed by atoms with Gasteiger partial charge >= 0.3 is 0 Å². The van der Waals surface area contributed by atoms with Gasteiger partial charge in [0.15, 0.2) is 0 Å². The maximum atomic E-state index is 13.2. The van der Waals surface area contributed by atoms with Crippen molar-refractivity contribution >= 4 is 11.4 Å². The predicted octanol–water partition coefficient (Wildman–Crippen LogP) is 3.53. The Morgan fingerprint density at radius 3 is 2.81 bits per heavy atom. The number of hydrogen-bond donors (Lipinski definition) is 1. The zero-order valence-corrected chi connectivity index (χ0v) is 11.3. The van der Waals surface area contributed by atoms with Gasteiger partial charge in [-0.25, -0.2) is 4.39 Å². The van der Waals surface area contributed by atoms with E-state index < -0.39 is 10.7 Å². The van der Waals surface area contributed by atoms with Gasteiger partial charge in [-0.15, -0.1) is 0 Å². The van der Waals surface area contributed by atoms with E-state index in [0.29, 0.717) is 17.8 Å². The third-order valence-corrected chi connectivity index (χ3v) is 3.14. The summed E-state index contributed by atoms with van der Waals surface area (Å²) in [4.78, 5) is 10.4. The second-order valence-electron chi connectivity index (χ2n) is 4.49. The maximum absolute atomic E-state index is 13.2. The SMILES string of the molecule is Cc1c(NCc2ccc(F)c(C#N)c2)cccc1[N+](=O)[O-]. The monoisotopic (exact) mass is 285 g/mol. The van der Waals surface area contributed by atoms with Crippen LogP contribution >= 0.6 is 0 Å². The molecule has 0 fully saturated rings. The molecule has 2 aromatic carbocycles. The molecule has 6 heteroatoms. The minimum atomic E-state index is -0.562. The Balaban J connectivity index is 2.19. The first-order chi connectivity index (χ1) is 10.0. The van der Waals surface area contributed by atoms with Crippen LogP contribution in [-0.2, 0) is 6.54 Å². The van der Waals surface area contributed by atoms with Gasteiger partial charge in [0, 0.05) is 23.9 Å². The Morgan fingerprint density at radius 1 is 1.38 bits per heavy atom. The molecule has 0 atom stereocenters. The van der Waals surface area contributed by atoms with Gasteiger partial charge in [0.05, 0.1) is 10.5 Å². The summed E-state index contributed by atoms with van der Waals surface area (Å²) in [6, 6.07) is 10.8. The highest BCUT2D eigenvalue weighted by molar-refractivity contribution is 5.59. The summed E-state index contributed by atoms with van der Waals surface area (Å²) in [5.74, 6) is -0.562. The van der Waals surface area contributed by atoms with Crippen LogP contribution < -0.4 is 5.32 Å². The molecule has 0 aliphatic heterocycles. The van der Waals surface area contributed by atoms with Crippen LogP contribution in [0.4, 0.5) is 15.8 Å².